The molecule has 132 valence electrons. The Morgan fingerprint density at radius 2 is 1.85 bits per heavy atom. The van der Waals surface area contributed by atoms with Gasteiger partial charge in [-0.1, -0.05) is 30.3 Å². The minimum absolute atomic E-state index is 0.298. The molecular formula is C22H15NO4. The van der Waals surface area contributed by atoms with Crippen LogP contribution < -0.4 is 10.4 Å². The van der Waals surface area contributed by atoms with Crippen molar-refractivity contribution < 1.29 is 13.9 Å². The lowest BCUT2D eigenvalue weighted by Crippen LogP contribution is -2.09. The van der Waals surface area contributed by atoms with E-state index in [1.54, 1.807) is 36.5 Å². The summed E-state index contributed by atoms with van der Waals surface area (Å²) in [5.41, 5.74) is 2.43. The molecule has 0 bridgehead atoms. The number of rotatable bonds is 3. The maximum atomic E-state index is 12.5. The average molecular weight is 357 g/mol. The number of hydrogen-bond donors (Lipinski definition) is 0. The molecule has 0 aliphatic carbocycles. The molecule has 0 amide bonds. The van der Waals surface area contributed by atoms with Crippen LogP contribution in [0.25, 0.3) is 22.1 Å². The molecule has 5 heteroatoms. The first-order valence-electron chi connectivity index (χ1n) is 8.38. The Balaban J connectivity index is 1.74. The first-order valence-corrected chi connectivity index (χ1v) is 8.38. The van der Waals surface area contributed by atoms with E-state index in [0.717, 1.165) is 16.5 Å². The highest BCUT2D eigenvalue weighted by atomic mass is 16.5. The van der Waals surface area contributed by atoms with Gasteiger partial charge in [0.25, 0.3) is 0 Å². The summed E-state index contributed by atoms with van der Waals surface area (Å²) in [5.74, 6) is -0.228. The Labute approximate surface area is 154 Å². The van der Waals surface area contributed by atoms with Gasteiger partial charge >= 0.3 is 11.6 Å². The number of nitrogens with zero attached hydrogens (tertiary/aromatic N) is 1. The van der Waals surface area contributed by atoms with Crippen molar-refractivity contribution in [3.05, 3.63) is 94.6 Å². The van der Waals surface area contributed by atoms with Crippen molar-refractivity contribution in [2.45, 2.75) is 6.92 Å². The van der Waals surface area contributed by atoms with Crippen molar-refractivity contribution in [1.82, 2.24) is 4.98 Å². The highest BCUT2D eigenvalue weighted by Gasteiger charge is 2.15. The van der Waals surface area contributed by atoms with Gasteiger partial charge in [-0.3, -0.25) is 4.98 Å². The summed E-state index contributed by atoms with van der Waals surface area (Å²) in [6.07, 6.45) is 3.01. The van der Waals surface area contributed by atoms with Crippen LogP contribution in [0, 0.1) is 6.92 Å². The lowest BCUT2D eigenvalue weighted by Gasteiger charge is -2.09. The van der Waals surface area contributed by atoms with Crippen LogP contribution in [0.5, 0.6) is 5.75 Å². The SMILES string of the molecule is Cc1c(-c2ccccc2)c(=O)oc2cc(OC(=O)c3cccnc3)ccc12. The number of benzene rings is 2. The molecule has 27 heavy (non-hydrogen) atoms. The highest BCUT2D eigenvalue weighted by Crippen LogP contribution is 2.29. The number of fused-ring (bicyclic) bond motifs is 1. The normalized spacial score (nSPS) is 10.7. The Hall–Kier alpha value is -3.73. The second-order valence-corrected chi connectivity index (χ2v) is 6.04. The molecule has 5 nitrogen and oxygen atoms in total. The van der Waals surface area contributed by atoms with E-state index in [2.05, 4.69) is 4.98 Å². The van der Waals surface area contributed by atoms with Gasteiger partial charge in [0, 0.05) is 23.8 Å². The predicted molar refractivity (Wildman–Crippen MR) is 102 cm³/mol. The van der Waals surface area contributed by atoms with E-state index in [4.69, 9.17) is 9.15 Å². The molecule has 0 radical (unpaired) electrons. The zero-order valence-electron chi connectivity index (χ0n) is 14.5. The lowest BCUT2D eigenvalue weighted by atomic mass is 10.00. The van der Waals surface area contributed by atoms with E-state index in [0.29, 0.717) is 22.5 Å². The van der Waals surface area contributed by atoms with E-state index < -0.39 is 11.6 Å². The van der Waals surface area contributed by atoms with Gasteiger partial charge in [0.15, 0.2) is 0 Å². The topological polar surface area (TPSA) is 69.4 Å². The Morgan fingerprint density at radius 1 is 1.04 bits per heavy atom. The van der Waals surface area contributed by atoms with Gasteiger partial charge in [0.05, 0.1) is 11.1 Å². The fraction of sp³-hybridized carbons (Fsp3) is 0.0455. The molecule has 0 unspecified atom stereocenters. The summed E-state index contributed by atoms with van der Waals surface area (Å²) >= 11 is 0. The molecule has 0 fully saturated rings. The summed E-state index contributed by atoms with van der Waals surface area (Å²) < 4.78 is 10.9. The summed E-state index contributed by atoms with van der Waals surface area (Å²) in [6, 6.07) is 17.7. The maximum absolute atomic E-state index is 12.5. The Morgan fingerprint density at radius 3 is 2.59 bits per heavy atom. The van der Waals surface area contributed by atoms with Gasteiger partial charge in [-0.25, -0.2) is 9.59 Å². The van der Waals surface area contributed by atoms with Crippen molar-refractivity contribution in [3.8, 4) is 16.9 Å². The van der Waals surface area contributed by atoms with Crippen LogP contribution in [0.2, 0.25) is 0 Å². The lowest BCUT2D eigenvalue weighted by molar-refractivity contribution is 0.0734. The number of ether oxygens (including phenoxy) is 1. The molecule has 0 aliphatic heterocycles. The van der Waals surface area contributed by atoms with E-state index in [1.165, 1.54) is 6.20 Å². The molecule has 0 N–H and O–H groups in total. The third-order valence-electron chi connectivity index (χ3n) is 4.31. The Kier molecular flexibility index (Phi) is 4.26. The number of aromatic nitrogens is 1. The van der Waals surface area contributed by atoms with Crippen molar-refractivity contribution in [1.29, 1.82) is 0 Å². The second-order valence-electron chi connectivity index (χ2n) is 6.04. The van der Waals surface area contributed by atoms with Crippen LogP contribution in [0.3, 0.4) is 0 Å². The fourth-order valence-electron chi connectivity index (χ4n) is 2.99. The van der Waals surface area contributed by atoms with Gasteiger partial charge in [0.2, 0.25) is 0 Å². The third kappa shape index (κ3) is 3.22. The molecule has 0 saturated carbocycles. The van der Waals surface area contributed by atoms with Crippen LogP contribution >= 0.6 is 0 Å². The number of aryl methyl sites for hydroxylation is 1. The van der Waals surface area contributed by atoms with Gasteiger partial charge in [0.1, 0.15) is 11.3 Å². The van der Waals surface area contributed by atoms with Crippen molar-refractivity contribution in [3.63, 3.8) is 0 Å². The molecule has 0 aliphatic rings. The smallest absolute Gasteiger partial charge is 0.345 e. The third-order valence-corrected chi connectivity index (χ3v) is 4.31. The van der Waals surface area contributed by atoms with Crippen LogP contribution in [0.15, 0.2) is 82.3 Å². The second kappa shape index (κ2) is 6.88. The highest BCUT2D eigenvalue weighted by molar-refractivity contribution is 5.92. The Bertz CT molecular complexity index is 1180. The standard InChI is InChI=1S/C22H15NO4/c1-14-18-10-9-17(26-21(24)16-8-5-11-23-13-16)12-19(18)27-22(25)20(14)15-6-3-2-4-7-15/h2-13H,1H3. The zero-order valence-corrected chi connectivity index (χ0v) is 14.5. The summed E-state index contributed by atoms with van der Waals surface area (Å²) in [5, 5.41) is 0.787. The predicted octanol–water partition coefficient (Wildman–Crippen LogP) is 4.38. The molecule has 4 aromatic rings. The number of hydrogen-bond acceptors (Lipinski definition) is 5. The van der Waals surface area contributed by atoms with E-state index in [1.807, 2.05) is 37.3 Å². The number of esters is 1. The molecular weight excluding hydrogens is 342 g/mol. The first kappa shape index (κ1) is 16.7. The average Bonchev–Trinajstić information content (AvgIpc) is 2.69. The molecule has 2 heterocycles. The molecule has 2 aromatic heterocycles. The monoisotopic (exact) mass is 357 g/mol. The van der Waals surface area contributed by atoms with Crippen molar-refractivity contribution in [2.75, 3.05) is 0 Å². The zero-order chi connectivity index (χ0) is 18.8. The van der Waals surface area contributed by atoms with Crippen molar-refractivity contribution >= 4 is 16.9 Å². The number of carbonyl (C=O) groups excluding carboxylic acids is 1. The van der Waals surface area contributed by atoms with Gasteiger partial charge in [-0.15, -0.1) is 0 Å². The fourth-order valence-corrected chi connectivity index (χ4v) is 2.99. The van der Waals surface area contributed by atoms with Crippen molar-refractivity contribution in [2.24, 2.45) is 0 Å². The molecule has 2 aromatic carbocycles. The minimum Gasteiger partial charge on any atom is -0.423 e. The maximum Gasteiger partial charge on any atom is 0.345 e. The largest absolute Gasteiger partial charge is 0.423 e. The van der Waals surface area contributed by atoms with E-state index >= 15 is 0 Å². The summed E-state index contributed by atoms with van der Waals surface area (Å²) in [7, 11) is 0. The van der Waals surface area contributed by atoms with E-state index in [9.17, 15) is 9.59 Å². The number of carbonyl (C=O) groups is 1. The quantitative estimate of drug-likeness (QED) is 0.309. The van der Waals surface area contributed by atoms with E-state index in [-0.39, 0.29) is 0 Å². The van der Waals surface area contributed by atoms with Crippen LogP contribution in [-0.4, -0.2) is 11.0 Å². The summed E-state index contributed by atoms with van der Waals surface area (Å²) in [6.45, 7) is 1.88. The van der Waals surface area contributed by atoms with Crippen LogP contribution in [0.4, 0.5) is 0 Å². The van der Waals surface area contributed by atoms with Crippen LogP contribution in [-0.2, 0) is 0 Å². The first-order chi connectivity index (χ1) is 13.1. The van der Waals surface area contributed by atoms with Gasteiger partial charge in [-0.2, -0.15) is 0 Å². The molecule has 4 rings (SSSR count). The van der Waals surface area contributed by atoms with Crippen LogP contribution in [0.1, 0.15) is 15.9 Å². The summed E-state index contributed by atoms with van der Waals surface area (Å²) in [4.78, 5) is 28.6. The minimum atomic E-state index is -0.526. The van der Waals surface area contributed by atoms with Gasteiger partial charge < -0.3 is 9.15 Å². The van der Waals surface area contributed by atoms with Gasteiger partial charge in [-0.05, 0) is 42.3 Å². The number of pyridine rings is 1. The molecule has 0 atom stereocenters. The molecule has 0 spiro atoms. The molecule has 0 saturated heterocycles.